The fourth-order valence-electron chi connectivity index (χ4n) is 3.01. The molecule has 0 radical (unpaired) electrons. The van der Waals surface area contributed by atoms with Gasteiger partial charge in [0.05, 0.1) is 30.0 Å². The summed E-state index contributed by atoms with van der Waals surface area (Å²) in [6, 6.07) is 13.1. The summed E-state index contributed by atoms with van der Waals surface area (Å²) in [5, 5.41) is 15.2. The van der Waals surface area contributed by atoms with Crippen molar-refractivity contribution < 1.29 is 17.9 Å². The standard InChI is InChI=1S/C19H20N6O4S/c20-30(27,28)17-6-4-14(5-7-17)18-13-25(23-21-18)16-3-1-2-15(12-16)19(26)22-24-8-10-29-11-9-24/h1-7,12-13H,8-11H2,(H,22,26)(H2,20,27,28). The van der Waals surface area contributed by atoms with Crippen LogP contribution in [0.3, 0.4) is 0 Å². The molecule has 1 saturated heterocycles. The van der Waals surface area contributed by atoms with E-state index < -0.39 is 10.0 Å². The molecule has 3 aromatic rings. The van der Waals surface area contributed by atoms with Gasteiger partial charge in [0.15, 0.2) is 0 Å². The Morgan fingerprint density at radius 3 is 2.53 bits per heavy atom. The van der Waals surface area contributed by atoms with E-state index >= 15 is 0 Å². The van der Waals surface area contributed by atoms with E-state index in [9.17, 15) is 13.2 Å². The minimum Gasteiger partial charge on any atom is -0.379 e. The Labute approximate surface area is 173 Å². The van der Waals surface area contributed by atoms with Crippen molar-refractivity contribution in [3.8, 4) is 16.9 Å². The SMILES string of the molecule is NS(=O)(=O)c1ccc(-c2cn(-c3cccc(C(=O)NN4CCOCC4)c3)nn2)cc1. The van der Waals surface area contributed by atoms with Crippen molar-refractivity contribution in [2.75, 3.05) is 26.3 Å². The Morgan fingerprint density at radius 1 is 1.10 bits per heavy atom. The van der Waals surface area contributed by atoms with Gasteiger partial charge in [-0.05, 0) is 30.3 Å². The average Bonchev–Trinajstić information content (AvgIpc) is 3.24. The summed E-state index contributed by atoms with van der Waals surface area (Å²) in [5.74, 6) is -0.210. The van der Waals surface area contributed by atoms with E-state index in [1.54, 1.807) is 41.2 Å². The van der Waals surface area contributed by atoms with Crippen LogP contribution in [0.1, 0.15) is 10.4 Å². The first-order valence-electron chi connectivity index (χ1n) is 9.20. The van der Waals surface area contributed by atoms with Crippen molar-refractivity contribution in [3.63, 3.8) is 0 Å². The molecule has 2 heterocycles. The zero-order valence-corrected chi connectivity index (χ0v) is 16.7. The molecule has 1 aliphatic heterocycles. The van der Waals surface area contributed by atoms with Gasteiger partial charge in [0, 0.05) is 24.2 Å². The van der Waals surface area contributed by atoms with Gasteiger partial charge in [-0.25, -0.2) is 23.2 Å². The van der Waals surface area contributed by atoms with Crippen LogP contribution in [-0.2, 0) is 14.8 Å². The number of aromatic nitrogens is 3. The number of hydrogen-bond acceptors (Lipinski definition) is 7. The highest BCUT2D eigenvalue weighted by molar-refractivity contribution is 7.89. The number of hydrogen-bond donors (Lipinski definition) is 2. The van der Waals surface area contributed by atoms with Gasteiger partial charge in [0.2, 0.25) is 10.0 Å². The Bertz CT molecular complexity index is 1150. The smallest absolute Gasteiger partial charge is 0.265 e. The summed E-state index contributed by atoms with van der Waals surface area (Å²) in [7, 11) is -3.75. The van der Waals surface area contributed by atoms with E-state index in [1.807, 2.05) is 11.1 Å². The number of primary sulfonamides is 1. The predicted molar refractivity (Wildman–Crippen MR) is 108 cm³/mol. The van der Waals surface area contributed by atoms with Crippen molar-refractivity contribution in [3.05, 3.63) is 60.3 Å². The Kier molecular flexibility index (Phi) is 5.59. The third-order valence-corrected chi connectivity index (χ3v) is 5.54. The van der Waals surface area contributed by atoms with Gasteiger partial charge < -0.3 is 4.74 Å². The molecule has 0 atom stereocenters. The van der Waals surface area contributed by atoms with Crippen molar-refractivity contribution in [1.82, 2.24) is 25.4 Å². The molecule has 3 N–H and O–H groups in total. The summed E-state index contributed by atoms with van der Waals surface area (Å²) < 4.78 is 29.6. The topological polar surface area (TPSA) is 132 Å². The van der Waals surface area contributed by atoms with Crippen LogP contribution in [0.2, 0.25) is 0 Å². The highest BCUT2D eigenvalue weighted by Gasteiger charge is 2.15. The Morgan fingerprint density at radius 2 is 1.83 bits per heavy atom. The molecule has 0 spiro atoms. The second kappa shape index (κ2) is 8.32. The minimum absolute atomic E-state index is 0.0256. The molecule has 2 aromatic carbocycles. The van der Waals surface area contributed by atoms with Crippen molar-refractivity contribution in [2.24, 2.45) is 5.14 Å². The number of carbonyl (C=O) groups is 1. The lowest BCUT2D eigenvalue weighted by Gasteiger charge is -2.26. The zero-order valence-electron chi connectivity index (χ0n) is 15.9. The van der Waals surface area contributed by atoms with Crippen LogP contribution in [0.5, 0.6) is 0 Å². The number of benzene rings is 2. The van der Waals surface area contributed by atoms with Crippen LogP contribution in [0, 0.1) is 0 Å². The Balaban J connectivity index is 1.52. The van der Waals surface area contributed by atoms with Crippen LogP contribution >= 0.6 is 0 Å². The van der Waals surface area contributed by atoms with Gasteiger partial charge in [0.25, 0.3) is 5.91 Å². The molecule has 156 valence electrons. The number of hydrazine groups is 1. The van der Waals surface area contributed by atoms with E-state index in [1.165, 1.54) is 12.1 Å². The highest BCUT2D eigenvalue weighted by Crippen LogP contribution is 2.20. The fourth-order valence-corrected chi connectivity index (χ4v) is 3.53. The second-order valence-electron chi connectivity index (χ2n) is 6.71. The molecule has 0 bridgehead atoms. The normalized spacial score (nSPS) is 15.1. The molecule has 0 unspecified atom stereocenters. The summed E-state index contributed by atoms with van der Waals surface area (Å²) in [6.07, 6.45) is 1.70. The third-order valence-electron chi connectivity index (χ3n) is 4.62. The van der Waals surface area contributed by atoms with Gasteiger partial charge in [0.1, 0.15) is 5.69 Å². The third kappa shape index (κ3) is 4.54. The lowest BCUT2D eigenvalue weighted by Crippen LogP contribution is -2.48. The van der Waals surface area contributed by atoms with Crippen LogP contribution < -0.4 is 10.6 Å². The quantitative estimate of drug-likeness (QED) is 0.607. The lowest BCUT2D eigenvalue weighted by atomic mass is 10.1. The van der Waals surface area contributed by atoms with E-state index in [2.05, 4.69) is 15.7 Å². The summed E-state index contributed by atoms with van der Waals surface area (Å²) in [4.78, 5) is 12.6. The summed E-state index contributed by atoms with van der Waals surface area (Å²) >= 11 is 0. The molecular formula is C19H20N6O4S. The van der Waals surface area contributed by atoms with Crippen molar-refractivity contribution >= 4 is 15.9 Å². The van der Waals surface area contributed by atoms with E-state index in [0.717, 1.165) is 0 Å². The monoisotopic (exact) mass is 428 g/mol. The first-order chi connectivity index (χ1) is 14.4. The molecule has 4 rings (SSSR count). The number of sulfonamides is 1. The molecule has 1 aliphatic rings. The van der Waals surface area contributed by atoms with Crippen LogP contribution in [-0.4, -0.2) is 60.6 Å². The summed E-state index contributed by atoms with van der Waals surface area (Å²) in [5.41, 5.74) is 5.28. The summed E-state index contributed by atoms with van der Waals surface area (Å²) in [6.45, 7) is 2.45. The van der Waals surface area contributed by atoms with Crippen molar-refractivity contribution in [2.45, 2.75) is 4.90 Å². The molecule has 10 nitrogen and oxygen atoms in total. The first kappa shape index (κ1) is 20.2. The fraction of sp³-hybridized carbons (Fsp3) is 0.211. The molecule has 0 saturated carbocycles. The van der Waals surface area contributed by atoms with Crippen LogP contribution in [0.15, 0.2) is 59.6 Å². The molecule has 1 amide bonds. The highest BCUT2D eigenvalue weighted by atomic mass is 32.2. The number of rotatable bonds is 5. The molecule has 1 aromatic heterocycles. The number of amides is 1. The van der Waals surface area contributed by atoms with Gasteiger partial charge in [-0.15, -0.1) is 5.10 Å². The van der Waals surface area contributed by atoms with E-state index in [0.29, 0.717) is 48.8 Å². The van der Waals surface area contributed by atoms with E-state index in [4.69, 9.17) is 9.88 Å². The van der Waals surface area contributed by atoms with Gasteiger partial charge >= 0.3 is 0 Å². The predicted octanol–water partition coefficient (Wildman–Crippen LogP) is 0.559. The number of carbonyl (C=O) groups excluding carboxylic acids is 1. The maximum absolute atomic E-state index is 12.5. The van der Waals surface area contributed by atoms with Crippen molar-refractivity contribution in [1.29, 1.82) is 0 Å². The maximum atomic E-state index is 12.5. The Hall–Kier alpha value is -3.12. The second-order valence-corrected chi connectivity index (χ2v) is 8.27. The maximum Gasteiger partial charge on any atom is 0.265 e. The molecule has 0 aliphatic carbocycles. The number of nitrogens with one attached hydrogen (secondary N) is 1. The molecule has 11 heteroatoms. The number of ether oxygens (including phenoxy) is 1. The number of nitrogens with two attached hydrogens (primary N) is 1. The molecule has 30 heavy (non-hydrogen) atoms. The number of nitrogens with zero attached hydrogens (tertiary/aromatic N) is 4. The molecule has 1 fully saturated rings. The largest absolute Gasteiger partial charge is 0.379 e. The molecular weight excluding hydrogens is 408 g/mol. The van der Waals surface area contributed by atoms with E-state index in [-0.39, 0.29) is 10.8 Å². The van der Waals surface area contributed by atoms with Gasteiger partial charge in [-0.3, -0.25) is 10.2 Å². The van der Waals surface area contributed by atoms with Gasteiger partial charge in [-0.2, -0.15) is 0 Å². The van der Waals surface area contributed by atoms with Crippen LogP contribution in [0.4, 0.5) is 0 Å². The lowest BCUT2D eigenvalue weighted by molar-refractivity contribution is 0.0126. The average molecular weight is 428 g/mol. The minimum atomic E-state index is -3.75. The van der Waals surface area contributed by atoms with Gasteiger partial charge in [-0.1, -0.05) is 23.4 Å². The first-order valence-corrected chi connectivity index (χ1v) is 10.7. The van der Waals surface area contributed by atoms with Crippen LogP contribution in [0.25, 0.3) is 16.9 Å². The number of morpholine rings is 1. The zero-order chi connectivity index (χ0) is 21.1.